The third-order valence-electron chi connectivity index (χ3n) is 3.18. The van der Waals surface area contributed by atoms with E-state index in [1.807, 2.05) is 30.3 Å². The number of isocyanates is 1. The van der Waals surface area contributed by atoms with Crippen LogP contribution >= 0.6 is 0 Å². The molecule has 15 heavy (non-hydrogen) atoms. The van der Waals surface area contributed by atoms with Crippen molar-refractivity contribution in [3.63, 3.8) is 0 Å². The van der Waals surface area contributed by atoms with Crippen LogP contribution in [0.25, 0.3) is 0 Å². The molecule has 0 N–H and O–H groups in total. The van der Waals surface area contributed by atoms with E-state index in [-0.39, 0.29) is 6.04 Å². The second-order valence-corrected chi connectivity index (χ2v) is 4.12. The van der Waals surface area contributed by atoms with Crippen LogP contribution in [0.15, 0.2) is 35.3 Å². The molecular weight excluding hydrogens is 186 g/mol. The van der Waals surface area contributed by atoms with Gasteiger partial charge in [-0.1, -0.05) is 43.2 Å². The highest BCUT2D eigenvalue weighted by atomic mass is 16.1. The predicted octanol–water partition coefficient (Wildman–Crippen LogP) is 3.25. The van der Waals surface area contributed by atoms with Gasteiger partial charge in [0.1, 0.15) is 0 Å². The maximum atomic E-state index is 10.5. The van der Waals surface area contributed by atoms with Crippen molar-refractivity contribution in [2.24, 2.45) is 10.9 Å². The number of hydrogen-bond donors (Lipinski definition) is 0. The lowest BCUT2D eigenvalue weighted by atomic mass is 9.92. The molecule has 1 aliphatic carbocycles. The topological polar surface area (TPSA) is 29.4 Å². The standard InChI is InChI=1S/C13H15NO/c15-10-14-13(12-8-4-5-9-12)11-6-2-1-3-7-11/h1-3,6-7,12-13H,4-5,8-9H2. The van der Waals surface area contributed by atoms with Crippen molar-refractivity contribution in [3.8, 4) is 0 Å². The molecule has 0 amide bonds. The Hall–Kier alpha value is -1.40. The van der Waals surface area contributed by atoms with Gasteiger partial charge in [-0.3, -0.25) is 0 Å². The molecule has 0 aliphatic heterocycles. The van der Waals surface area contributed by atoms with Gasteiger partial charge < -0.3 is 0 Å². The number of carbonyl (C=O) groups excluding carboxylic acids is 1. The molecule has 1 aliphatic rings. The van der Waals surface area contributed by atoms with Crippen molar-refractivity contribution in [2.45, 2.75) is 31.7 Å². The minimum atomic E-state index is 0.0335. The Morgan fingerprint density at radius 2 is 1.87 bits per heavy atom. The summed E-state index contributed by atoms with van der Waals surface area (Å²) in [5, 5.41) is 0. The van der Waals surface area contributed by atoms with Gasteiger partial charge in [0.25, 0.3) is 0 Å². The molecule has 2 nitrogen and oxygen atoms in total. The van der Waals surface area contributed by atoms with Crippen molar-refractivity contribution in [1.29, 1.82) is 0 Å². The highest BCUT2D eigenvalue weighted by Crippen LogP contribution is 2.37. The van der Waals surface area contributed by atoms with Crippen LogP contribution in [0, 0.1) is 5.92 Å². The summed E-state index contributed by atoms with van der Waals surface area (Å²) in [5.74, 6) is 0.536. The van der Waals surface area contributed by atoms with E-state index in [4.69, 9.17) is 0 Å². The molecule has 1 aromatic carbocycles. The van der Waals surface area contributed by atoms with Crippen molar-refractivity contribution in [1.82, 2.24) is 0 Å². The van der Waals surface area contributed by atoms with Gasteiger partial charge in [0.2, 0.25) is 6.08 Å². The van der Waals surface area contributed by atoms with Gasteiger partial charge in [0, 0.05) is 0 Å². The Morgan fingerprint density at radius 1 is 1.20 bits per heavy atom. The first-order chi connectivity index (χ1) is 7.42. The molecule has 1 saturated carbocycles. The van der Waals surface area contributed by atoms with Gasteiger partial charge in [0.05, 0.1) is 6.04 Å². The van der Waals surface area contributed by atoms with Gasteiger partial charge >= 0.3 is 0 Å². The van der Waals surface area contributed by atoms with Gasteiger partial charge in [-0.15, -0.1) is 0 Å². The van der Waals surface area contributed by atoms with E-state index in [0.29, 0.717) is 5.92 Å². The van der Waals surface area contributed by atoms with Crippen molar-refractivity contribution in [2.75, 3.05) is 0 Å². The summed E-state index contributed by atoms with van der Waals surface area (Å²) in [6, 6.07) is 10.1. The Morgan fingerprint density at radius 3 is 2.47 bits per heavy atom. The molecule has 1 aromatic rings. The van der Waals surface area contributed by atoms with Crippen molar-refractivity contribution < 1.29 is 4.79 Å². The second-order valence-electron chi connectivity index (χ2n) is 4.12. The Kier molecular flexibility index (Phi) is 3.31. The summed E-state index contributed by atoms with van der Waals surface area (Å²) in [5.41, 5.74) is 1.15. The van der Waals surface area contributed by atoms with E-state index >= 15 is 0 Å². The number of aliphatic imine (C=N–C) groups is 1. The van der Waals surface area contributed by atoms with E-state index in [0.717, 1.165) is 5.56 Å². The number of hydrogen-bond acceptors (Lipinski definition) is 2. The third-order valence-corrected chi connectivity index (χ3v) is 3.18. The van der Waals surface area contributed by atoms with Crippen LogP contribution in [0.1, 0.15) is 37.3 Å². The molecule has 2 rings (SSSR count). The summed E-state index contributed by atoms with van der Waals surface area (Å²) in [7, 11) is 0. The molecule has 0 aromatic heterocycles. The molecule has 1 fully saturated rings. The van der Waals surface area contributed by atoms with Crippen LogP contribution in [0.5, 0.6) is 0 Å². The molecule has 0 spiro atoms. The minimum absolute atomic E-state index is 0.0335. The van der Waals surface area contributed by atoms with Crippen LogP contribution < -0.4 is 0 Å². The number of benzene rings is 1. The Labute approximate surface area is 90.0 Å². The smallest absolute Gasteiger partial charge is 0.211 e. The molecule has 1 unspecified atom stereocenters. The van der Waals surface area contributed by atoms with Crippen LogP contribution in [0.3, 0.4) is 0 Å². The monoisotopic (exact) mass is 201 g/mol. The fourth-order valence-corrected chi connectivity index (χ4v) is 2.43. The molecule has 78 valence electrons. The summed E-state index contributed by atoms with van der Waals surface area (Å²) in [4.78, 5) is 14.4. The van der Waals surface area contributed by atoms with E-state index in [2.05, 4.69) is 4.99 Å². The highest BCUT2D eigenvalue weighted by molar-refractivity contribution is 5.36. The molecule has 0 radical (unpaired) electrons. The summed E-state index contributed by atoms with van der Waals surface area (Å²) >= 11 is 0. The van der Waals surface area contributed by atoms with Gasteiger partial charge in [-0.25, -0.2) is 4.79 Å². The normalized spacial score (nSPS) is 18.4. The van der Waals surface area contributed by atoms with Crippen LogP contribution in [0.4, 0.5) is 0 Å². The minimum Gasteiger partial charge on any atom is -0.211 e. The molecule has 1 atom stereocenters. The summed E-state index contributed by atoms with van der Waals surface area (Å²) in [6.45, 7) is 0. The van der Waals surface area contributed by atoms with Crippen LogP contribution in [-0.2, 0) is 4.79 Å². The average Bonchev–Trinajstić information content (AvgIpc) is 2.80. The first-order valence-electron chi connectivity index (χ1n) is 5.54. The fourth-order valence-electron chi connectivity index (χ4n) is 2.43. The first kappa shape index (κ1) is 10.1. The van der Waals surface area contributed by atoms with Crippen LogP contribution in [-0.4, -0.2) is 6.08 Å². The molecule has 0 bridgehead atoms. The highest BCUT2D eigenvalue weighted by Gasteiger charge is 2.25. The Bertz CT molecular complexity index is 348. The van der Waals surface area contributed by atoms with E-state index in [9.17, 15) is 4.79 Å². The van der Waals surface area contributed by atoms with Crippen LogP contribution in [0.2, 0.25) is 0 Å². The van der Waals surface area contributed by atoms with E-state index in [1.165, 1.54) is 25.7 Å². The molecular formula is C13H15NO. The molecule has 0 saturated heterocycles. The first-order valence-corrected chi connectivity index (χ1v) is 5.54. The molecule has 2 heteroatoms. The largest absolute Gasteiger partial charge is 0.235 e. The quantitative estimate of drug-likeness (QED) is 0.545. The predicted molar refractivity (Wildman–Crippen MR) is 59.3 cm³/mol. The van der Waals surface area contributed by atoms with Gasteiger partial charge in [-0.05, 0) is 24.3 Å². The maximum absolute atomic E-state index is 10.5. The summed E-state index contributed by atoms with van der Waals surface area (Å²) in [6.07, 6.45) is 6.62. The lowest BCUT2D eigenvalue weighted by Crippen LogP contribution is -2.07. The zero-order valence-corrected chi connectivity index (χ0v) is 8.73. The lowest BCUT2D eigenvalue weighted by Gasteiger charge is -2.17. The third kappa shape index (κ3) is 2.34. The van der Waals surface area contributed by atoms with Crippen molar-refractivity contribution in [3.05, 3.63) is 35.9 Å². The van der Waals surface area contributed by atoms with Crippen molar-refractivity contribution >= 4 is 6.08 Å². The lowest BCUT2D eigenvalue weighted by molar-refractivity contribution is 0.442. The zero-order chi connectivity index (χ0) is 10.5. The summed E-state index contributed by atoms with van der Waals surface area (Å²) < 4.78 is 0. The van der Waals surface area contributed by atoms with Gasteiger partial charge in [-0.2, -0.15) is 4.99 Å². The van der Waals surface area contributed by atoms with E-state index < -0.39 is 0 Å². The number of rotatable bonds is 3. The average molecular weight is 201 g/mol. The fraction of sp³-hybridized carbons (Fsp3) is 0.462. The molecule has 0 heterocycles. The zero-order valence-electron chi connectivity index (χ0n) is 8.73. The van der Waals surface area contributed by atoms with E-state index in [1.54, 1.807) is 6.08 Å². The number of nitrogens with zero attached hydrogens (tertiary/aromatic N) is 1. The second kappa shape index (κ2) is 4.90. The maximum Gasteiger partial charge on any atom is 0.235 e. The Balaban J connectivity index is 2.23. The van der Waals surface area contributed by atoms with Gasteiger partial charge in [0.15, 0.2) is 0 Å². The SMILES string of the molecule is O=C=NC(c1ccccc1)C1CCCC1.